The summed E-state index contributed by atoms with van der Waals surface area (Å²) < 4.78 is 7.00. The molecule has 4 nitrogen and oxygen atoms in total. The van der Waals surface area contributed by atoms with Crippen LogP contribution in [0.5, 0.6) is 0 Å². The quantitative estimate of drug-likeness (QED) is 0.472. The van der Waals surface area contributed by atoms with E-state index in [0.717, 1.165) is 16.7 Å². The summed E-state index contributed by atoms with van der Waals surface area (Å²) in [6.07, 6.45) is 7.19. The summed E-state index contributed by atoms with van der Waals surface area (Å²) in [5.74, 6) is -0.348. The van der Waals surface area contributed by atoms with Crippen LogP contribution in [0.1, 0.15) is 12.0 Å². The Kier molecular flexibility index (Phi) is 3.51. The van der Waals surface area contributed by atoms with Gasteiger partial charge in [0.25, 0.3) is 0 Å². The van der Waals surface area contributed by atoms with E-state index >= 15 is 0 Å². The molecule has 0 spiro atoms. The van der Waals surface area contributed by atoms with E-state index in [0.29, 0.717) is 12.0 Å². The number of carbonyl (C=O) groups excluding carboxylic acids is 1. The third kappa shape index (κ3) is 2.42. The number of ether oxygens (including phenoxy) is 1. The second kappa shape index (κ2) is 5.10. The first kappa shape index (κ1) is 13.1. The van der Waals surface area contributed by atoms with Gasteiger partial charge in [-0.3, -0.25) is 4.68 Å². The number of hydrogen-bond donors (Lipinski definition) is 0. The molecule has 1 aliphatic heterocycles. The van der Waals surface area contributed by atoms with Gasteiger partial charge in [0.05, 0.1) is 6.20 Å². The minimum Gasteiger partial charge on any atom is -0.454 e. The monoisotopic (exact) mass is 256 g/mol. The highest BCUT2D eigenvalue weighted by Gasteiger charge is 2.30. The molecule has 0 bridgehead atoms. The lowest BCUT2D eigenvalue weighted by Crippen LogP contribution is -2.10. The molecule has 4 heteroatoms. The molecular formula is C15H16N2O2. The van der Waals surface area contributed by atoms with Crippen LogP contribution < -0.4 is 0 Å². The van der Waals surface area contributed by atoms with Crippen molar-refractivity contribution in [1.29, 1.82) is 0 Å². The van der Waals surface area contributed by atoms with Crippen LogP contribution in [-0.4, -0.2) is 21.9 Å². The molecule has 1 unspecified atom stereocenters. The molecule has 19 heavy (non-hydrogen) atoms. The second-order valence-electron chi connectivity index (χ2n) is 4.38. The first-order valence-electron chi connectivity index (χ1n) is 5.93. The normalized spacial score (nSPS) is 19.9. The maximum atomic E-state index is 11.4. The highest BCUT2D eigenvalue weighted by atomic mass is 16.5. The number of cyclic esters (lactones) is 1. The molecule has 0 amide bonds. The van der Waals surface area contributed by atoms with Gasteiger partial charge in [-0.05, 0) is 5.57 Å². The largest absolute Gasteiger partial charge is 0.454 e. The molecular weight excluding hydrogens is 240 g/mol. The zero-order valence-electron chi connectivity index (χ0n) is 10.9. The van der Waals surface area contributed by atoms with Crippen LogP contribution in [0, 0.1) is 0 Å². The average molecular weight is 256 g/mol. The van der Waals surface area contributed by atoms with E-state index in [4.69, 9.17) is 4.74 Å². The van der Waals surface area contributed by atoms with E-state index in [2.05, 4.69) is 24.8 Å². The maximum Gasteiger partial charge on any atom is 0.334 e. The Morgan fingerprint density at radius 2 is 2.26 bits per heavy atom. The van der Waals surface area contributed by atoms with Crippen LogP contribution in [0.25, 0.3) is 5.57 Å². The van der Waals surface area contributed by atoms with Gasteiger partial charge >= 0.3 is 5.97 Å². The molecule has 1 aromatic rings. The minimum absolute atomic E-state index is 0.342. The summed E-state index contributed by atoms with van der Waals surface area (Å²) in [6.45, 7) is 11.3. The van der Waals surface area contributed by atoms with Crippen molar-refractivity contribution in [3.05, 3.63) is 61.0 Å². The Bertz CT molecular complexity index is 577. The van der Waals surface area contributed by atoms with Gasteiger partial charge in [-0.15, -0.1) is 0 Å². The number of aryl methyl sites for hydroxylation is 1. The van der Waals surface area contributed by atoms with Crippen molar-refractivity contribution in [3.8, 4) is 0 Å². The van der Waals surface area contributed by atoms with Gasteiger partial charge in [-0.25, -0.2) is 4.79 Å². The highest BCUT2D eigenvalue weighted by Crippen LogP contribution is 2.31. The summed E-state index contributed by atoms with van der Waals surface area (Å²) in [5, 5.41) is 4.13. The van der Waals surface area contributed by atoms with Crippen LogP contribution in [0.3, 0.4) is 0 Å². The van der Waals surface area contributed by atoms with Crippen molar-refractivity contribution in [3.63, 3.8) is 0 Å². The highest BCUT2D eigenvalue weighted by molar-refractivity contribution is 5.91. The maximum absolute atomic E-state index is 11.4. The topological polar surface area (TPSA) is 44.1 Å². The van der Waals surface area contributed by atoms with E-state index < -0.39 is 0 Å². The summed E-state index contributed by atoms with van der Waals surface area (Å²) >= 11 is 0. The van der Waals surface area contributed by atoms with Gasteiger partial charge in [0.15, 0.2) is 0 Å². The third-order valence-corrected chi connectivity index (χ3v) is 3.07. The van der Waals surface area contributed by atoms with E-state index in [9.17, 15) is 4.79 Å². The molecule has 1 fully saturated rings. The van der Waals surface area contributed by atoms with Crippen LogP contribution in [0.2, 0.25) is 0 Å². The number of hydrogen-bond acceptors (Lipinski definition) is 3. The van der Waals surface area contributed by atoms with Crippen LogP contribution in [0.15, 0.2) is 55.4 Å². The lowest BCUT2D eigenvalue weighted by atomic mass is 9.96. The fourth-order valence-electron chi connectivity index (χ4n) is 2.11. The van der Waals surface area contributed by atoms with Gasteiger partial charge < -0.3 is 4.74 Å². The van der Waals surface area contributed by atoms with Crippen molar-refractivity contribution >= 4 is 11.5 Å². The van der Waals surface area contributed by atoms with E-state index in [1.807, 2.05) is 13.2 Å². The van der Waals surface area contributed by atoms with Crippen molar-refractivity contribution in [2.75, 3.05) is 0 Å². The molecule has 1 atom stereocenters. The SMILES string of the molecule is C=C/C(=C(\C=C)C1CC(=C)C(=O)O1)c1cnn(C)c1. The van der Waals surface area contributed by atoms with E-state index in [1.165, 1.54) is 0 Å². The fourth-order valence-corrected chi connectivity index (χ4v) is 2.11. The van der Waals surface area contributed by atoms with Gasteiger partial charge in [-0.1, -0.05) is 31.9 Å². The van der Waals surface area contributed by atoms with Crippen LogP contribution in [0.4, 0.5) is 0 Å². The lowest BCUT2D eigenvalue weighted by molar-refractivity contribution is -0.137. The van der Waals surface area contributed by atoms with Crippen LogP contribution >= 0.6 is 0 Å². The fraction of sp³-hybridized carbons (Fsp3) is 0.200. The molecule has 2 rings (SSSR count). The molecule has 0 saturated carbocycles. The molecule has 0 aliphatic carbocycles. The summed E-state index contributed by atoms with van der Waals surface area (Å²) in [5.41, 5.74) is 3.10. The number of carbonyl (C=O) groups is 1. The molecule has 0 N–H and O–H groups in total. The van der Waals surface area contributed by atoms with E-state index in [1.54, 1.807) is 23.0 Å². The molecule has 98 valence electrons. The summed E-state index contributed by atoms with van der Waals surface area (Å²) in [4.78, 5) is 11.4. The van der Waals surface area contributed by atoms with Gasteiger partial charge in [0.2, 0.25) is 0 Å². The van der Waals surface area contributed by atoms with Gasteiger partial charge in [0.1, 0.15) is 6.10 Å². The Morgan fingerprint density at radius 3 is 2.68 bits per heavy atom. The third-order valence-electron chi connectivity index (χ3n) is 3.07. The molecule has 0 aromatic carbocycles. The zero-order valence-corrected chi connectivity index (χ0v) is 10.9. The van der Waals surface area contributed by atoms with Crippen LogP contribution in [-0.2, 0) is 16.6 Å². The molecule has 1 aromatic heterocycles. The smallest absolute Gasteiger partial charge is 0.334 e. The standard InChI is InChI=1S/C15H16N2O2/c1-5-12(11-8-16-17(4)9-11)13(6-2)14-7-10(3)15(18)19-14/h5-6,8-9,14H,1-3,7H2,4H3/b13-12-. The zero-order chi connectivity index (χ0) is 14.0. The molecule has 1 aliphatic rings. The van der Waals surface area contributed by atoms with Crippen molar-refractivity contribution in [2.24, 2.45) is 7.05 Å². The number of allylic oxidation sites excluding steroid dienone is 2. The Morgan fingerprint density at radius 1 is 1.53 bits per heavy atom. The molecule has 0 radical (unpaired) electrons. The number of aromatic nitrogens is 2. The number of rotatable bonds is 4. The first-order valence-corrected chi connectivity index (χ1v) is 5.93. The van der Waals surface area contributed by atoms with Gasteiger partial charge in [0, 0.05) is 36.4 Å². The Hall–Kier alpha value is -2.36. The Balaban J connectivity index is 2.45. The number of esters is 1. The first-order chi connectivity index (χ1) is 9.06. The van der Waals surface area contributed by atoms with Crippen molar-refractivity contribution in [2.45, 2.75) is 12.5 Å². The van der Waals surface area contributed by atoms with E-state index in [-0.39, 0.29) is 12.1 Å². The predicted molar refractivity (Wildman–Crippen MR) is 74.2 cm³/mol. The summed E-state index contributed by atoms with van der Waals surface area (Å²) in [6, 6.07) is 0. The second-order valence-corrected chi connectivity index (χ2v) is 4.38. The van der Waals surface area contributed by atoms with Gasteiger partial charge in [-0.2, -0.15) is 5.10 Å². The predicted octanol–water partition coefficient (Wildman–Crippen LogP) is 2.42. The Labute approximate surface area is 112 Å². The average Bonchev–Trinajstić information content (AvgIpc) is 2.93. The minimum atomic E-state index is -0.348. The number of nitrogens with zero attached hydrogens (tertiary/aromatic N) is 2. The van der Waals surface area contributed by atoms with Crippen molar-refractivity contribution in [1.82, 2.24) is 9.78 Å². The molecule has 2 heterocycles. The lowest BCUT2D eigenvalue weighted by Gasteiger charge is -2.13. The molecule has 1 saturated heterocycles. The summed E-state index contributed by atoms with van der Waals surface area (Å²) in [7, 11) is 1.84. The van der Waals surface area contributed by atoms with Crippen molar-refractivity contribution < 1.29 is 9.53 Å².